The maximum atomic E-state index is 13.3. The van der Waals surface area contributed by atoms with Crippen molar-refractivity contribution in [2.45, 2.75) is 26.3 Å². The number of hydrogen-bond acceptors (Lipinski definition) is 1. The van der Waals surface area contributed by atoms with Gasteiger partial charge in [-0.2, -0.15) is 0 Å². The molecular weight excluding hydrogens is 385 g/mol. The van der Waals surface area contributed by atoms with E-state index in [2.05, 4.69) is 44.0 Å². The van der Waals surface area contributed by atoms with Gasteiger partial charge in [0.2, 0.25) is 0 Å². The van der Waals surface area contributed by atoms with Crippen LogP contribution in [0.15, 0.2) is 39.3 Å². The van der Waals surface area contributed by atoms with E-state index in [0.29, 0.717) is 6.42 Å². The minimum atomic E-state index is -0.237. The van der Waals surface area contributed by atoms with Gasteiger partial charge in [-0.1, -0.05) is 44.0 Å². The minimum Gasteiger partial charge on any atom is -0.324 e. The molecule has 0 aliphatic heterocycles. The molecule has 1 atom stereocenters. The predicted molar refractivity (Wildman–Crippen MR) is 88.3 cm³/mol. The van der Waals surface area contributed by atoms with E-state index in [1.165, 1.54) is 12.1 Å². The highest BCUT2D eigenvalue weighted by Gasteiger charge is 2.12. The summed E-state index contributed by atoms with van der Waals surface area (Å²) in [5.74, 6) is -0.237. The lowest BCUT2D eigenvalue weighted by Crippen LogP contribution is -2.14. The van der Waals surface area contributed by atoms with Crippen LogP contribution in [-0.4, -0.2) is 0 Å². The largest absolute Gasteiger partial charge is 0.324 e. The molecule has 0 amide bonds. The Bertz CT molecular complexity index is 617. The Kier molecular flexibility index (Phi) is 4.99. The monoisotopic (exact) mass is 399 g/mol. The van der Waals surface area contributed by atoms with E-state index in [9.17, 15) is 4.39 Å². The van der Waals surface area contributed by atoms with Crippen LogP contribution in [0.4, 0.5) is 4.39 Å². The van der Waals surface area contributed by atoms with Crippen LogP contribution in [0.2, 0.25) is 0 Å². The molecule has 0 fully saturated rings. The smallest absolute Gasteiger partial charge is 0.123 e. The Morgan fingerprint density at radius 2 is 1.70 bits per heavy atom. The first-order valence-corrected chi connectivity index (χ1v) is 7.93. The van der Waals surface area contributed by atoms with Crippen molar-refractivity contribution in [2.24, 2.45) is 5.73 Å². The Morgan fingerprint density at radius 3 is 2.30 bits per heavy atom. The summed E-state index contributed by atoms with van der Waals surface area (Å²) >= 11 is 6.99. The van der Waals surface area contributed by atoms with E-state index >= 15 is 0 Å². The quantitative estimate of drug-likeness (QED) is 0.751. The standard InChI is InChI=1S/C16H16Br2FN/c1-9-5-12(6-10(2)16(9)18)15(20)8-11-7-13(19)3-4-14(11)17/h3-7,15H,8,20H2,1-2H3. The predicted octanol–water partition coefficient (Wildman–Crippen LogP) is 5.21. The highest BCUT2D eigenvalue weighted by molar-refractivity contribution is 9.10. The zero-order valence-corrected chi connectivity index (χ0v) is 14.6. The summed E-state index contributed by atoms with van der Waals surface area (Å²) in [6, 6.07) is 8.69. The topological polar surface area (TPSA) is 26.0 Å². The lowest BCUT2D eigenvalue weighted by molar-refractivity contribution is 0.621. The first-order chi connectivity index (χ1) is 9.38. The van der Waals surface area contributed by atoms with Gasteiger partial charge in [0.1, 0.15) is 5.82 Å². The van der Waals surface area contributed by atoms with Gasteiger partial charge in [-0.25, -0.2) is 4.39 Å². The molecule has 1 nitrogen and oxygen atoms in total. The first-order valence-electron chi connectivity index (χ1n) is 6.34. The number of hydrogen-bond donors (Lipinski definition) is 1. The van der Waals surface area contributed by atoms with Crippen molar-refractivity contribution in [3.05, 3.63) is 67.3 Å². The average molecular weight is 401 g/mol. The Hall–Kier alpha value is -0.710. The molecule has 0 bridgehead atoms. The molecular formula is C16H16Br2FN. The third-order valence-corrected chi connectivity index (χ3v) is 5.36. The van der Waals surface area contributed by atoms with Crippen molar-refractivity contribution in [3.63, 3.8) is 0 Å². The van der Waals surface area contributed by atoms with Crippen LogP contribution in [0.5, 0.6) is 0 Å². The Labute approximate surface area is 135 Å². The third-order valence-electron chi connectivity index (χ3n) is 3.33. The summed E-state index contributed by atoms with van der Waals surface area (Å²) in [4.78, 5) is 0. The van der Waals surface area contributed by atoms with Crippen LogP contribution in [0.1, 0.15) is 28.3 Å². The van der Waals surface area contributed by atoms with Crippen LogP contribution in [0.3, 0.4) is 0 Å². The Morgan fingerprint density at radius 1 is 1.10 bits per heavy atom. The maximum Gasteiger partial charge on any atom is 0.123 e. The van der Waals surface area contributed by atoms with Crippen molar-refractivity contribution in [2.75, 3.05) is 0 Å². The molecule has 20 heavy (non-hydrogen) atoms. The van der Waals surface area contributed by atoms with Gasteiger partial charge >= 0.3 is 0 Å². The fourth-order valence-electron chi connectivity index (χ4n) is 2.25. The second-order valence-corrected chi connectivity index (χ2v) is 6.66. The fraction of sp³-hybridized carbons (Fsp3) is 0.250. The lowest BCUT2D eigenvalue weighted by Gasteiger charge is -2.16. The summed E-state index contributed by atoms with van der Waals surface area (Å²) in [5, 5.41) is 0. The van der Waals surface area contributed by atoms with Gasteiger partial charge in [0.15, 0.2) is 0 Å². The maximum absolute atomic E-state index is 13.3. The molecule has 2 aromatic carbocycles. The summed E-state index contributed by atoms with van der Waals surface area (Å²) in [7, 11) is 0. The number of rotatable bonds is 3. The zero-order valence-electron chi connectivity index (χ0n) is 11.4. The fourth-order valence-corrected chi connectivity index (χ4v) is 2.89. The molecule has 0 radical (unpaired) electrons. The second-order valence-electron chi connectivity index (χ2n) is 5.02. The van der Waals surface area contributed by atoms with E-state index in [1.807, 2.05) is 13.8 Å². The molecule has 1 unspecified atom stereocenters. The first kappa shape index (κ1) is 15.7. The van der Waals surface area contributed by atoms with Crippen LogP contribution >= 0.6 is 31.9 Å². The Balaban J connectivity index is 2.28. The van der Waals surface area contributed by atoms with Crippen molar-refractivity contribution in [3.8, 4) is 0 Å². The normalized spacial score (nSPS) is 12.5. The average Bonchev–Trinajstić information content (AvgIpc) is 2.39. The van der Waals surface area contributed by atoms with E-state index < -0.39 is 0 Å². The van der Waals surface area contributed by atoms with Crippen molar-refractivity contribution < 1.29 is 4.39 Å². The molecule has 0 spiro atoms. The molecule has 0 saturated heterocycles. The van der Waals surface area contributed by atoms with Gasteiger partial charge in [0.05, 0.1) is 0 Å². The second kappa shape index (κ2) is 6.37. The molecule has 2 rings (SSSR count). The molecule has 0 aliphatic rings. The zero-order chi connectivity index (χ0) is 14.9. The third kappa shape index (κ3) is 3.48. The highest BCUT2D eigenvalue weighted by atomic mass is 79.9. The number of nitrogens with two attached hydrogens (primary N) is 1. The van der Waals surface area contributed by atoms with E-state index in [0.717, 1.165) is 31.2 Å². The lowest BCUT2D eigenvalue weighted by atomic mass is 9.96. The van der Waals surface area contributed by atoms with Crippen LogP contribution in [-0.2, 0) is 6.42 Å². The van der Waals surface area contributed by atoms with E-state index in [-0.39, 0.29) is 11.9 Å². The molecule has 2 aromatic rings. The summed E-state index contributed by atoms with van der Waals surface area (Å²) < 4.78 is 15.3. The van der Waals surface area contributed by atoms with Gasteiger partial charge in [-0.05, 0) is 60.7 Å². The highest BCUT2D eigenvalue weighted by Crippen LogP contribution is 2.28. The molecule has 0 saturated carbocycles. The molecule has 0 aliphatic carbocycles. The van der Waals surface area contributed by atoms with Gasteiger partial charge in [0.25, 0.3) is 0 Å². The minimum absolute atomic E-state index is 0.154. The van der Waals surface area contributed by atoms with Crippen LogP contribution in [0.25, 0.3) is 0 Å². The van der Waals surface area contributed by atoms with Crippen molar-refractivity contribution in [1.82, 2.24) is 0 Å². The SMILES string of the molecule is Cc1cc(C(N)Cc2cc(F)ccc2Br)cc(C)c1Br. The summed E-state index contributed by atoms with van der Waals surface area (Å²) in [6.45, 7) is 4.09. The van der Waals surface area contributed by atoms with Crippen LogP contribution < -0.4 is 5.73 Å². The van der Waals surface area contributed by atoms with Crippen LogP contribution in [0, 0.1) is 19.7 Å². The molecule has 0 aromatic heterocycles. The van der Waals surface area contributed by atoms with Crippen molar-refractivity contribution >= 4 is 31.9 Å². The van der Waals surface area contributed by atoms with Gasteiger partial charge in [0, 0.05) is 15.0 Å². The summed E-state index contributed by atoms with van der Waals surface area (Å²) in [5.41, 5.74) is 10.6. The molecule has 106 valence electrons. The number of aryl methyl sites for hydroxylation is 2. The van der Waals surface area contributed by atoms with Gasteiger partial charge in [-0.15, -0.1) is 0 Å². The van der Waals surface area contributed by atoms with E-state index in [1.54, 1.807) is 6.07 Å². The van der Waals surface area contributed by atoms with E-state index in [4.69, 9.17) is 5.73 Å². The number of halogens is 3. The van der Waals surface area contributed by atoms with Gasteiger partial charge in [-0.3, -0.25) is 0 Å². The summed E-state index contributed by atoms with van der Waals surface area (Å²) in [6.07, 6.45) is 0.596. The van der Waals surface area contributed by atoms with Crippen molar-refractivity contribution in [1.29, 1.82) is 0 Å². The molecule has 0 heterocycles. The number of benzene rings is 2. The molecule has 2 N–H and O–H groups in total. The van der Waals surface area contributed by atoms with Gasteiger partial charge < -0.3 is 5.73 Å². The molecule has 4 heteroatoms.